The van der Waals surface area contributed by atoms with Crippen LogP contribution in [0.5, 0.6) is 0 Å². The lowest BCUT2D eigenvalue weighted by molar-refractivity contribution is 0.0947. The van der Waals surface area contributed by atoms with Gasteiger partial charge in [0.05, 0.1) is 0 Å². The molecule has 0 aliphatic heterocycles. The van der Waals surface area contributed by atoms with Crippen molar-refractivity contribution in [2.24, 2.45) is 5.92 Å². The first-order chi connectivity index (χ1) is 7.27. The fourth-order valence-electron chi connectivity index (χ4n) is 1.64. The molecular formula is C11H19N3O. The molecule has 0 saturated heterocycles. The molecule has 1 atom stereocenters. The van der Waals surface area contributed by atoms with Gasteiger partial charge in [0.1, 0.15) is 6.33 Å². The first kappa shape index (κ1) is 11.9. The molecule has 0 amide bonds. The minimum Gasteiger partial charge on any atom is -0.291 e. The van der Waals surface area contributed by atoms with Crippen LogP contribution in [-0.4, -0.2) is 21.0 Å². The number of nitrogens with zero attached hydrogens (tertiary/aromatic N) is 2. The average molecular weight is 209 g/mol. The third-order valence-corrected chi connectivity index (χ3v) is 2.70. The molecule has 1 N–H and O–H groups in total. The van der Waals surface area contributed by atoms with E-state index in [1.165, 1.54) is 19.2 Å². The molecule has 0 aliphatic carbocycles. The first-order valence-corrected chi connectivity index (χ1v) is 5.66. The molecule has 0 saturated carbocycles. The Labute approximate surface area is 90.5 Å². The van der Waals surface area contributed by atoms with Crippen LogP contribution in [0.3, 0.4) is 0 Å². The zero-order chi connectivity index (χ0) is 11.1. The van der Waals surface area contributed by atoms with Crippen molar-refractivity contribution < 1.29 is 4.79 Å². The second-order valence-electron chi connectivity index (χ2n) is 3.88. The molecule has 84 valence electrons. The van der Waals surface area contributed by atoms with Crippen molar-refractivity contribution in [3.8, 4) is 0 Å². The fourth-order valence-corrected chi connectivity index (χ4v) is 1.64. The van der Waals surface area contributed by atoms with Crippen LogP contribution < -0.4 is 0 Å². The number of carbonyl (C=O) groups is 1. The molecule has 1 rings (SSSR count). The predicted molar refractivity (Wildman–Crippen MR) is 58.6 cm³/mol. The molecule has 4 nitrogen and oxygen atoms in total. The van der Waals surface area contributed by atoms with Gasteiger partial charge < -0.3 is 0 Å². The number of ketones is 1. The molecule has 0 bridgehead atoms. The van der Waals surface area contributed by atoms with Crippen molar-refractivity contribution in [1.29, 1.82) is 0 Å². The maximum Gasteiger partial charge on any atom is 0.199 e. The highest BCUT2D eigenvalue weighted by molar-refractivity contribution is 5.92. The van der Waals surface area contributed by atoms with Crippen LogP contribution in [0, 0.1) is 5.92 Å². The minimum atomic E-state index is 0.0791. The number of Topliss-reactive ketones (excluding diaryl/α,β-unsaturated/α-hetero) is 1. The number of carbonyl (C=O) groups excluding carboxylic acids is 1. The van der Waals surface area contributed by atoms with Crippen LogP contribution in [0.1, 0.15) is 56.6 Å². The van der Waals surface area contributed by atoms with Gasteiger partial charge in [-0.25, -0.2) is 4.98 Å². The zero-order valence-electron chi connectivity index (χ0n) is 9.49. The second kappa shape index (κ2) is 6.32. The van der Waals surface area contributed by atoms with Gasteiger partial charge in [-0.05, 0) is 5.92 Å². The zero-order valence-corrected chi connectivity index (χ0v) is 9.49. The van der Waals surface area contributed by atoms with Crippen molar-refractivity contribution in [2.75, 3.05) is 0 Å². The molecule has 1 unspecified atom stereocenters. The maximum atomic E-state index is 11.7. The van der Waals surface area contributed by atoms with E-state index in [4.69, 9.17) is 0 Å². The summed E-state index contributed by atoms with van der Waals surface area (Å²) in [6, 6.07) is 0. The quantitative estimate of drug-likeness (QED) is 0.702. The standard InChI is InChI=1S/C11H19N3O/c1-3-5-6-9(4-2)7-10(15)11-12-8-13-14-11/h8-9H,3-7H2,1-2H3,(H,12,13,14). The topological polar surface area (TPSA) is 58.6 Å². The summed E-state index contributed by atoms with van der Waals surface area (Å²) in [6.45, 7) is 4.30. The van der Waals surface area contributed by atoms with Crippen LogP contribution in [0.2, 0.25) is 0 Å². The van der Waals surface area contributed by atoms with Crippen LogP contribution >= 0.6 is 0 Å². The molecule has 0 radical (unpaired) electrons. The van der Waals surface area contributed by atoms with Gasteiger partial charge in [-0.1, -0.05) is 39.5 Å². The Balaban J connectivity index is 2.41. The summed E-state index contributed by atoms with van der Waals surface area (Å²) in [4.78, 5) is 15.6. The van der Waals surface area contributed by atoms with Crippen molar-refractivity contribution in [3.63, 3.8) is 0 Å². The van der Waals surface area contributed by atoms with Crippen LogP contribution in [0.25, 0.3) is 0 Å². The third kappa shape index (κ3) is 3.81. The Morgan fingerprint density at radius 3 is 2.87 bits per heavy atom. The van der Waals surface area contributed by atoms with Crippen molar-refractivity contribution in [3.05, 3.63) is 12.2 Å². The molecule has 1 aromatic rings. The first-order valence-electron chi connectivity index (χ1n) is 5.66. The van der Waals surface area contributed by atoms with E-state index in [0.717, 1.165) is 12.8 Å². The number of nitrogens with one attached hydrogen (secondary N) is 1. The van der Waals surface area contributed by atoms with E-state index in [9.17, 15) is 4.79 Å². The minimum absolute atomic E-state index is 0.0791. The lowest BCUT2D eigenvalue weighted by Crippen LogP contribution is -2.10. The van der Waals surface area contributed by atoms with Gasteiger partial charge in [0, 0.05) is 6.42 Å². The lowest BCUT2D eigenvalue weighted by Gasteiger charge is -2.11. The normalized spacial score (nSPS) is 12.7. The second-order valence-corrected chi connectivity index (χ2v) is 3.88. The van der Waals surface area contributed by atoms with Crippen LogP contribution in [0.4, 0.5) is 0 Å². The van der Waals surface area contributed by atoms with Gasteiger partial charge in [-0.3, -0.25) is 9.89 Å². The summed E-state index contributed by atoms with van der Waals surface area (Å²) in [7, 11) is 0. The fraction of sp³-hybridized carbons (Fsp3) is 0.727. The highest BCUT2D eigenvalue weighted by Crippen LogP contribution is 2.18. The summed E-state index contributed by atoms with van der Waals surface area (Å²) in [6.07, 6.45) is 6.54. The number of H-pyrrole nitrogens is 1. The van der Waals surface area contributed by atoms with E-state index in [1.807, 2.05) is 0 Å². The highest BCUT2D eigenvalue weighted by atomic mass is 16.1. The Kier molecular flexibility index (Phi) is 5.01. The van der Waals surface area contributed by atoms with Gasteiger partial charge >= 0.3 is 0 Å². The van der Waals surface area contributed by atoms with E-state index < -0.39 is 0 Å². The summed E-state index contributed by atoms with van der Waals surface area (Å²) in [5.74, 6) is 0.961. The molecular weight excluding hydrogens is 190 g/mol. The van der Waals surface area contributed by atoms with Crippen molar-refractivity contribution in [1.82, 2.24) is 15.2 Å². The van der Waals surface area contributed by atoms with Gasteiger partial charge in [0.25, 0.3) is 0 Å². The van der Waals surface area contributed by atoms with Crippen LogP contribution in [-0.2, 0) is 0 Å². The third-order valence-electron chi connectivity index (χ3n) is 2.70. The molecule has 0 aromatic carbocycles. The van der Waals surface area contributed by atoms with E-state index in [0.29, 0.717) is 18.2 Å². The van der Waals surface area contributed by atoms with Crippen molar-refractivity contribution >= 4 is 5.78 Å². The SMILES string of the molecule is CCCCC(CC)CC(=O)c1ncn[nH]1. The van der Waals surface area contributed by atoms with E-state index >= 15 is 0 Å². The monoisotopic (exact) mass is 209 g/mol. The van der Waals surface area contributed by atoms with E-state index in [1.54, 1.807) is 0 Å². The molecule has 0 spiro atoms. The lowest BCUT2D eigenvalue weighted by atomic mass is 9.94. The number of unbranched alkanes of at least 4 members (excludes halogenated alkanes) is 1. The van der Waals surface area contributed by atoms with Crippen molar-refractivity contribution in [2.45, 2.75) is 46.0 Å². The van der Waals surface area contributed by atoms with Crippen LogP contribution in [0.15, 0.2) is 6.33 Å². The maximum absolute atomic E-state index is 11.7. The Morgan fingerprint density at radius 2 is 2.33 bits per heavy atom. The number of hydrogen-bond acceptors (Lipinski definition) is 3. The van der Waals surface area contributed by atoms with Gasteiger partial charge in [-0.2, -0.15) is 5.10 Å². The Morgan fingerprint density at radius 1 is 1.53 bits per heavy atom. The molecule has 0 aliphatic rings. The summed E-state index contributed by atoms with van der Waals surface area (Å²) in [5, 5.41) is 6.29. The Bertz CT molecular complexity index is 282. The molecule has 1 heterocycles. The molecule has 4 heteroatoms. The summed E-state index contributed by atoms with van der Waals surface area (Å²) < 4.78 is 0. The number of aromatic amines is 1. The molecule has 1 aromatic heterocycles. The van der Waals surface area contributed by atoms with Gasteiger partial charge in [0.2, 0.25) is 0 Å². The summed E-state index contributed by atoms with van der Waals surface area (Å²) >= 11 is 0. The highest BCUT2D eigenvalue weighted by Gasteiger charge is 2.15. The van der Waals surface area contributed by atoms with Gasteiger partial charge in [0.15, 0.2) is 11.6 Å². The number of aromatic nitrogens is 3. The largest absolute Gasteiger partial charge is 0.291 e. The molecule has 0 fully saturated rings. The average Bonchev–Trinajstić information content (AvgIpc) is 2.77. The number of hydrogen-bond donors (Lipinski definition) is 1. The molecule has 15 heavy (non-hydrogen) atoms. The predicted octanol–water partition coefficient (Wildman–Crippen LogP) is 2.59. The Hall–Kier alpha value is -1.19. The summed E-state index contributed by atoms with van der Waals surface area (Å²) in [5.41, 5.74) is 0. The van der Waals surface area contributed by atoms with E-state index in [-0.39, 0.29) is 5.78 Å². The smallest absolute Gasteiger partial charge is 0.199 e. The number of rotatable bonds is 7. The van der Waals surface area contributed by atoms with Gasteiger partial charge in [-0.15, -0.1) is 0 Å². The van der Waals surface area contributed by atoms with E-state index in [2.05, 4.69) is 29.0 Å².